The predicted molar refractivity (Wildman–Crippen MR) is 90.4 cm³/mol. The molecule has 0 aliphatic carbocycles. The van der Waals surface area contributed by atoms with Crippen LogP contribution in [-0.4, -0.2) is 42.1 Å². The number of likely N-dealkylation sites (tertiary alicyclic amines) is 1. The van der Waals surface area contributed by atoms with Crippen molar-refractivity contribution in [2.24, 2.45) is 0 Å². The summed E-state index contributed by atoms with van der Waals surface area (Å²) in [4.78, 5) is 2.61. The molecule has 1 aliphatic rings. The zero-order chi connectivity index (χ0) is 14.4. The highest BCUT2D eigenvalue weighted by atomic mass is 32.2. The highest BCUT2D eigenvalue weighted by Gasteiger charge is 2.27. The first-order valence-corrected chi connectivity index (χ1v) is 9.14. The van der Waals surface area contributed by atoms with Crippen LogP contribution in [0, 0.1) is 0 Å². The molecule has 112 valence electrons. The Morgan fingerprint density at radius 1 is 1.30 bits per heavy atom. The zero-order valence-electron chi connectivity index (χ0n) is 13.0. The Morgan fingerprint density at radius 3 is 2.75 bits per heavy atom. The second-order valence-electron chi connectivity index (χ2n) is 5.92. The Hall–Kier alpha value is -0.510. The molecule has 2 nitrogen and oxygen atoms in total. The van der Waals surface area contributed by atoms with E-state index in [2.05, 4.69) is 60.7 Å². The van der Waals surface area contributed by atoms with Gasteiger partial charge in [0.2, 0.25) is 0 Å². The maximum Gasteiger partial charge on any atom is 0.0320 e. The van der Waals surface area contributed by atoms with E-state index in [0.29, 0.717) is 18.1 Å². The van der Waals surface area contributed by atoms with Gasteiger partial charge in [-0.05, 0) is 44.3 Å². The first-order valence-electron chi connectivity index (χ1n) is 7.74. The van der Waals surface area contributed by atoms with Gasteiger partial charge in [-0.15, -0.1) is 0 Å². The van der Waals surface area contributed by atoms with Gasteiger partial charge in [-0.1, -0.05) is 30.3 Å². The molecule has 3 heteroatoms. The largest absolute Gasteiger partial charge is 0.310 e. The van der Waals surface area contributed by atoms with Crippen LogP contribution in [0.4, 0.5) is 0 Å². The molecule has 1 N–H and O–H groups in total. The van der Waals surface area contributed by atoms with Crippen molar-refractivity contribution in [3.05, 3.63) is 35.9 Å². The van der Waals surface area contributed by atoms with E-state index >= 15 is 0 Å². The van der Waals surface area contributed by atoms with E-state index in [9.17, 15) is 0 Å². The topological polar surface area (TPSA) is 15.3 Å². The molecule has 0 saturated carbocycles. The summed E-state index contributed by atoms with van der Waals surface area (Å²) >= 11 is 1.94. The summed E-state index contributed by atoms with van der Waals surface area (Å²) in [7, 11) is 0. The standard InChI is InChI=1S/C17H28N2S/c1-14(10-12-20-3)18-17-9-11-19(13-17)15(2)16-7-5-4-6-8-16/h4-8,14-15,17-18H,9-13H2,1-3H3. The van der Waals surface area contributed by atoms with Crippen LogP contribution in [0.5, 0.6) is 0 Å². The number of hydrogen-bond acceptors (Lipinski definition) is 3. The van der Waals surface area contributed by atoms with E-state index in [1.165, 1.54) is 37.2 Å². The summed E-state index contributed by atoms with van der Waals surface area (Å²) in [6.07, 6.45) is 4.73. The minimum Gasteiger partial charge on any atom is -0.310 e. The lowest BCUT2D eigenvalue weighted by molar-refractivity contribution is 0.253. The van der Waals surface area contributed by atoms with Gasteiger partial charge in [0.1, 0.15) is 0 Å². The molecule has 0 amide bonds. The second kappa shape index (κ2) is 8.06. The number of benzene rings is 1. The van der Waals surface area contributed by atoms with Gasteiger partial charge >= 0.3 is 0 Å². The quantitative estimate of drug-likeness (QED) is 0.827. The molecule has 0 bridgehead atoms. The van der Waals surface area contributed by atoms with E-state index < -0.39 is 0 Å². The average Bonchev–Trinajstić information content (AvgIpc) is 2.93. The smallest absolute Gasteiger partial charge is 0.0320 e. The molecule has 2 rings (SSSR count). The molecular formula is C17H28N2S. The molecule has 1 aromatic carbocycles. The van der Waals surface area contributed by atoms with E-state index in [1.807, 2.05) is 11.8 Å². The third-order valence-corrected chi connectivity index (χ3v) is 4.97. The van der Waals surface area contributed by atoms with Gasteiger partial charge in [-0.2, -0.15) is 11.8 Å². The minimum atomic E-state index is 0.532. The van der Waals surface area contributed by atoms with Crippen LogP contribution in [0.3, 0.4) is 0 Å². The van der Waals surface area contributed by atoms with Crippen molar-refractivity contribution in [1.82, 2.24) is 10.2 Å². The van der Waals surface area contributed by atoms with Gasteiger partial charge in [0.25, 0.3) is 0 Å². The summed E-state index contributed by atoms with van der Waals surface area (Å²) in [5.41, 5.74) is 1.43. The normalized spacial score (nSPS) is 22.9. The highest BCUT2D eigenvalue weighted by molar-refractivity contribution is 7.98. The van der Waals surface area contributed by atoms with Crippen molar-refractivity contribution < 1.29 is 0 Å². The molecule has 0 spiro atoms. The highest BCUT2D eigenvalue weighted by Crippen LogP contribution is 2.24. The number of thioether (sulfide) groups is 1. The summed E-state index contributed by atoms with van der Waals surface area (Å²) in [6.45, 7) is 7.04. The maximum atomic E-state index is 3.79. The first kappa shape index (κ1) is 15.9. The molecule has 0 aromatic heterocycles. The number of nitrogens with one attached hydrogen (secondary N) is 1. The lowest BCUT2D eigenvalue weighted by atomic mass is 10.1. The summed E-state index contributed by atoms with van der Waals surface area (Å²) in [5.74, 6) is 1.25. The van der Waals surface area contributed by atoms with Crippen molar-refractivity contribution in [2.45, 2.75) is 44.8 Å². The van der Waals surface area contributed by atoms with Crippen LogP contribution in [0.2, 0.25) is 0 Å². The molecule has 20 heavy (non-hydrogen) atoms. The molecule has 1 fully saturated rings. The van der Waals surface area contributed by atoms with Gasteiger partial charge < -0.3 is 5.32 Å². The van der Waals surface area contributed by atoms with Crippen LogP contribution in [0.1, 0.15) is 38.3 Å². The maximum absolute atomic E-state index is 3.79. The van der Waals surface area contributed by atoms with Crippen molar-refractivity contribution >= 4 is 11.8 Å². The van der Waals surface area contributed by atoms with Crippen LogP contribution in [0.25, 0.3) is 0 Å². The van der Waals surface area contributed by atoms with Gasteiger partial charge in [-0.25, -0.2) is 0 Å². The predicted octanol–water partition coefficient (Wildman–Crippen LogP) is 3.55. The number of rotatable bonds is 7. The van der Waals surface area contributed by atoms with Crippen LogP contribution in [0.15, 0.2) is 30.3 Å². The molecule has 1 heterocycles. The monoisotopic (exact) mass is 292 g/mol. The lowest BCUT2D eigenvalue weighted by Crippen LogP contribution is -2.39. The summed E-state index contributed by atoms with van der Waals surface area (Å²) in [5, 5.41) is 3.79. The van der Waals surface area contributed by atoms with E-state index in [0.717, 1.165) is 0 Å². The van der Waals surface area contributed by atoms with Crippen molar-refractivity contribution in [3.8, 4) is 0 Å². The molecular weight excluding hydrogens is 264 g/mol. The number of hydrogen-bond donors (Lipinski definition) is 1. The Morgan fingerprint density at radius 2 is 2.05 bits per heavy atom. The fourth-order valence-electron chi connectivity index (χ4n) is 3.00. The number of nitrogens with zero attached hydrogens (tertiary/aromatic N) is 1. The van der Waals surface area contributed by atoms with E-state index in [4.69, 9.17) is 0 Å². The van der Waals surface area contributed by atoms with E-state index in [-0.39, 0.29) is 0 Å². The Balaban J connectivity index is 1.80. The molecule has 1 aromatic rings. The molecule has 1 saturated heterocycles. The molecule has 3 unspecified atom stereocenters. The minimum absolute atomic E-state index is 0.532. The average molecular weight is 292 g/mol. The fraction of sp³-hybridized carbons (Fsp3) is 0.647. The Labute approximate surface area is 128 Å². The van der Waals surface area contributed by atoms with Crippen molar-refractivity contribution in [1.29, 1.82) is 0 Å². The zero-order valence-corrected chi connectivity index (χ0v) is 13.8. The van der Waals surface area contributed by atoms with E-state index in [1.54, 1.807) is 0 Å². The fourth-order valence-corrected chi connectivity index (χ4v) is 3.59. The third-order valence-electron chi connectivity index (χ3n) is 4.32. The van der Waals surface area contributed by atoms with Crippen LogP contribution >= 0.6 is 11.8 Å². The molecule has 0 radical (unpaired) electrons. The third kappa shape index (κ3) is 4.51. The second-order valence-corrected chi connectivity index (χ2v) is 6.90. The Kier molecular flexibility index (Phi) is 6.40. The molecule has 1 aliphatic heterocycles. The lowest BCUT2D eigenvalue weighted by Gasteiger charge is -2.25. The summed E-state index contributed by atoms with van der Waals surface area (Å²) in [6, 6.07) is 12.7. The van der Waals surface area contributed by atoms with Gasteiger partial charge in [0.05, 0.1) is 0 Å². The summed E-state index contributed by atoms with van der Waals surface area (Å²) < 4.78 is 0. The SMILES string of the molecule is CSCCC(C)NC1CCN(C(C)c2ccccc2)C1. The van der Waals surface area contributed by atoms with Gasteiger partial charge in [0, 0.05) is 31.2 Å². The van der Waals surface area contributed by atoms with Gasteiger partial charge in [-0.3, -0.25) is 4.90 Å². The van der Waals surface area contributed by atoms with Crippen molar-refractivity contribution in [3.63, 3.8) is 0 Å². The van der Waals surface area contributed by atoms with Crippen LogP contribution < -0.4 is 5.32 Å². The van der Waals surface area contributed by atoms with Crippen molar-refractivity contribution in [2.75, 3.05) is 25.1 Å². The van der Waals surface area contributed by atoms with Gasteiger partial charge in [0.15, 0.2) is 0 Å². The van der Waals surface area contributed by atoms with Crippen LogP contribution in [-0.2, 0) is 0 Å². The Bertz CT molecular complexity index is 382. The molecule has 3 atom stereocenters. The first-order chi connectivity index (χ1) is 9.70.